The summed E-state index contributed by atoms with van der Waals surface area (Å²) in [6.07, 6.45) is -1.34. The molecule has 2 aliphatic rings. The van der Waals surface area contributed by atoms with Gasteiger partial charge in [0.15, 0.2) is 17.6 Å². The average molecular weight is 674 g/mol. The molecule has 0 unspecified atom stereocenters. The van der Waals surface area contributed by atoms with Crippen LogP contribution in [0.5, 0.6) is 11.5 Å². The standard InChI is InChI=1S/C18H18N6O5S2.C10H13NO4/c1-23-18(20-21-22-23)31-8-10-7-30-16-11(15(27)24(16)12(10)17(28)29)19-14(26)13(25)9-5-3-2-4-6-9;1-10(11,9(14)15)5-6-2-3-7(12)8(13)4-6/h2-6,11,13,16,25H,7-8H2,1H3,(H,19,26)(H,28,29);2-4,12-13H,5,11H2,1H3,(H,14,15)/t11-,13-,16-;10-/m10/s1. The lowest BCUT2D eigenvalue weighted by molar-refractivity contribution is -0.151. The zero-order chi connectivity index (χ0) is 33.8. The lowest BCUT2D eigenvalue weighted by atomic mass is 9.94. The molecule has 4 atom stereocenters. The van der Waals surface area contributed by atoms with Crippen molar-refractivity contribution >= 4 is 47.3 Å². The molecular formula is C28H31N7O9S2. The Morgan fingerprint density at radius 3 is 2.43 bits per heavy atom. The van der Waals surface area contributed by atoms with E-state index in [1.165, 1.54) is 58.2 Å². The molecule has 0 spiro atoms. The summed E-state index contributed by atoms with van der Waals surface area (Å²) in [6, 6.07) is 11.6. The summed E-state index contributed by atoms with van der Waals surface area (Å²) < 4.78 is 1.48. The van der Waals surface area contributed by atoms with Gasteiger partial charge in [-0.05, 0) is 46.2 Å². The van der Waals surface area contributed by atoms with Gasteiger partial charge in [-0.1, -0.05) is 48.2 Å². The Kier molecular flexibility index (Phi) is 10.6. The molecule has 2 amide bonds. The number of aromatic nitrogens is 4. The first-order chi connectivity index (χ1) is 21.7. The topological polar surface area (TPSA) is 254 Å². The molecule has 2 aliphatic heterocycles. The number of thioether (sulfide) groups is 2. The first-order valence-corrected chi connectivity index (χ1v) is 15.6. The number of aryl methyl sites for hydroxylation is 1. The Labute approximate surface area is 270 Å². The van der Waals surface area contributed by atoms with Gasteiger partial charge in [-0.3, -0.25) is 19.3 Å². The van der Waals surface area contributed by atoms with E-state index in [-0.39, 0.29) is 23.6 Å². The molecule has 0 aliphatic carbocycles. The maximum absolute atomic E-state index is 12.7. The molecule has 2 aromatic carbocycles. The number of aliphatic hydroxyl groups excluding tert-OH is 1. The number of rotatable bonds is 10. The highest BCUT2D eigenvalue weighted by Crippen LogP contribution is 2.41. The number of benzene rings is 2. The van der Waals surface area contributed by atoms with Crippen molar-refractivity contribution in [1.82, 2.24) is 30.4 Å². The number of carbonyl (C=O) groups is 4. The van der Waals surface area contributed by atoms with E-state index < -0.39 is 46.8 Å². The third kappa shape index (κ3) is 7.58. The summed E-state index contributed by atoms with van der Waals surface area (Å²) in [6.45, 7) is 1.39. The zero-order valence-electron chi connectivity index (χ0n) is 24.5. The van der Waals surface area contributed by atoms with E-state index in [9.17, 15) is 34.5 Å². The molecule has 1 aromatic heterocycles. The van der Waals surface area contributed by atoms with Crippen LogP contribution in [0, 0.1) is 0 Å². The van der Waals surface area contributed by atoms with Crippen LogP contribution in [0.25, 0.3) is 0 Å². The molecule has 1 fully saturated rings. The Hall–Kier alpha value is -4.65. The fourth-order valence-corrected chi connectivity index (χ4v) is 6.82. The van der Waals surface area contributed by atoms with Gasteiger partial charge in [0.2, 0.25) is 5.16 Å². The highest BCUT2D eigenvalue weighted by atomic mass is 32.2. The van der Waals surface area contributed by atoms with E-state index in [0.29, 0.717) is 33.4 Å². The van der Waals surface area contributed by atoms with Crippen molar-refractivity contribution in [2.45, 2.75) is 41.6 Å². The Morgan fingerprint density at radius 1 is 1.15 bits per heavy atom. The predicted octanol–water partition coefficient (Wildman–Crippen LogP) is 0.217. The largest absolute Gasteiger partial charge is 0.504 e. The van der Waals surface area contributed by atoms with Gasteiger partial charge in [-0.2, -0.15) is 0 Å². The molecule has 3 aromatic rings. The van der Waals surface area contributed by atoms with E-state index >= 15 is 0 Å². The number of fused-ring (bicyclic) bond motifs is 1. The number of aromatic hydroxyl groups is 2. The number of carboxylic acids is 2. The minimum absolute atomic E-state index is 0.0783. The van der Waals surface area contributed by atoms with Crippen molar-refractivity contribution in [3.63, 3.8) is 0 Å². The molecule has 0 bridgehead atoms. The second-order valence-electron chi connectivity index (χ2n) is 10.6. The lowest BCUT2D eigenvalue weighted by Crippen LogP contribution is -2.70. The maximum atomic E-state index is 12.7. The number of phenolic OH excluding ortho intramolecular Hbond substituents is 2. The average Bonchev–Trinajstić information content (AvgIpc) is 3.44. The lowest BCUT2D eigenvalue weighted by Gasteiger charge is -2.49. The van der Waals surface area contributed by atoms with Crippen molar-refractivity contribution in [1.29, 1.82) is 0 Å². The van der Waals surface area contributed by atoms with Gasteiger partial charge >= 0.3 is 11.9 Å². The maximum Gasteiger partial charge on any atom is 0.352 e. The highest BCUT2D eigenvalue weighted by Gasteiger charge is 2.54. The van der Waals surface area contributed by atoms with Crippen LogP contribution in [0.15, 0.2) is 65.0 Å². The number of aliphatic hydroxyl groups is 1. The number of nitrogens with two attached hydrogens (primary N) is 1. The summed E-state index contributed by atoms with van der Waals surface area (Å²) in [5.74, 6) is -3.39. The summed E-state index contributed by atoms with van der Waals surface area (Å²) in [5.41, 5.74) is 5.61. The van der Waals surface area contributed by atoms with Gasteiger partial charge in [-0.25, -0.2) is 9.48 Å². The Balaban J connectivity index is 0.000000270. The summed E-state index contributed by atoms with van der Waals surface area (Å²) >= 11 is 2.64. The van der Waals surface area contributed by atoms with Crippen molar-refractivity contribution in [3.8, 4) is 11.5 Å². The van der Waals surface area contributed by atoms with Crippen molar-refractivity contribution in [2.75, 3.05) is 11.5 Å². The quantitative estimate of drug-likeness (QED) is 0.0863. The van der Waals surface area contributed by atoms with E-state index in [4.69, 9.17) is 15.9 Å². The number of hydrogen-bond donors (Lipinski definition) is 7. The van der Waals surface area contributed by atoms with Crippen LogP contribution in [0.2, 0.25) is 0 Å². The van der Waals surface area contributed by atoms with Crippen LogP contribution in [-0.2, 0) is 32.6 Å². The molecule has 5 rings (SSSR count). The molecule has 8 N–H and O–H groups in total. The number of aliphatic carboxylic acids is 2. The van der Waals surface area contributed by atoms with E-state index in [1.807, 2.05) is 0 Å². The number of β-lactam (4-membered cyclic amide) rings is 1. The number of hydrogen-bond acceptors (Lipinski definition) is 13. The molecule has 0 saturated carbocycles. The molecule has 18 heteroatoms. The Bertz CT molecular complexity index is 1670. The highest BCUT2D eigenvalue weighted by molar-refractivity contribution is 8.01. The molecule has 0 radical (unpaired) electrons. The fraction of sp³-hybridized carbons (Fsp3) is 0.321. The van der Waals surface area contributed by atoms with Gasteiger partial charge in [-0.15, -0.1) is 16.9 Å². The minimum atomic E-state index is -1.42. The van der Waals surface area contributed by atoms with Crippen LogP contribution in [-0.4, -0.2) is 103 Å². The first kappa shape index (κ1) is 34.2. The molecule has 3 heterocycles. The van der Waals surface area contributed by atoms with E-state index in [1.54, 1.807) is 37.4 Å². The summed E-state index contributed by atoms with van der Waals surface area (Å²) in [5, 5.41) is 60.7. The van der Waals surface area contributed by atoms with Gasteiger partial charge in [0.1, 0.15) is 22.7 Å². The molecular weight excluding hydrogens is 642 g/mol. The number of carboxylic acid groups (broad SMARTS) is 2. The van der Waals surface area contributed by atoms with Gasteiger partial charge in [0, 0.05) is 25.0 Å². The van der Waals surface area contributed by atoms with Crippen LogP contribution in [0.3, 0.4) is 0 Å². The van der Waals surface area contributed by atoms with Gasteiger partial charge in [0.05, 0.1) is 0 Å². The van der Waals surface area contributed by atoms with Crippen LogP contribution in [0.4, 0.5) is 0 Å². The second kappa shape index (κ2) is 14.2. The van der Waals surface area contributed by atoms with Gasteiger partial charge in [0.25, 0.3) is 11.8 Å². The predicted molar refractivity (Wildman–Crippen MR) is 164 cm³/mol. The van der Waals surface area contributed by atoms with Crippen molar-refractivity contribution in [2.24, 2.45) is 12.8 Å². The van der Waals surface area contributed by atoms with E-state index in [0.717, 1.165) is 0 Å². The smallest absolute Gasteiger partial charge is 0.352 e. The number of tetrazole rings is 1. The number of amides is 2. The number of carbonyl (C=O) groups excluding carboxylic acids is 2. The van der Waals surface area contributed by atoms with Crippen molar-refractivity contribution < 1.29 is 44.7 Å². The van der Waals surface area contributed by atoms with Gasteiger partial charge < -0.3 is 36.6 Å². The molecule has 16 nitrogen and oxygen atoms in total. The van der Waals surface area contributed by atoms with E-state index in [2.05, 4.69) is 20.8 Å². The zero-order valence-corrected chi connectivity index (χ0v) is 26.1. The van der Waals surface area contributed by atoms with Crippen LogP contribution in [0.1, 0.15) is 24.2 Å². The number of phenols is 2. The van der Waals surface area contributed by atoms with Crippen molar-refractivity contribution in [3.05, 3.63) is 70.9 Å². The van der Waals surface area contributed by atoms with Crippen LogP contribution < -0.4 is 11.1 Å². The Morgan fingerprint density at radius 2 is 1.85 bits per heavy atom. The molecule has 46 heavy (non-hydrogen) atoms. The SMILES string of the molecule is C[C@](N)(Cc1ccc(O)c(O)c1)C(=O)O.Cn1nnnc1SCC1=C(C(=O)O)N2C(=O)[C@@H](NC(=O)[C@H](O)c3ccccc3)[C@H]2SC1. The normalized spacial score (nSPS) is 19.1. The first-order valence-electron chi connectivity index (χ1n) is 13.5. The third-order valence-corrected chi connectivity index (χ3v) is 9.40. The molecule has 1 saturated heterocycles. The summed E-state index contributed by atoms with van der Waals surface area (Å²) in [7, 11) is 1.68. The third-order valence-electron chi connectivity index (χ3n) is 6.97. The molecule has 244 valence electrons. The fourth-order valence-electron chi connectivity index (χ4n) is 4.49. The summed E-state index contributed by atoms with van der Waals surface area (Å²) in [4.78, 5) is 49.0. The second-order valence-corrected chi connectivity index (χ2v) is 12.6. The number of nitrogens with one attached hydrogen (secondary N) is 1. The minimum Gasteiger partial charge on any atom is -0.504 e. The monoisotopic (exact) mass is 673 g/mol. The van der Waals surface area contributed by atoms with Crippen LogP contribution >= 0.6 is 23.5 Å². The number of nitrogens with zero attached hydrogens (tertiary/aromatic N) is 5.